The molecule has 0 spiro atoms. The van der Waals surface area contributed by atoms with Crippen LogP contribution in [0.3, 0.4) is 0 Å². The van der Waals surface area contributed by atoms with E-state index in [1.165, 1.54) is 18.3 Å². The number of nitrogens with one attached hydrogen (secondary N) is 1. The summed E-state index contributed by atoms with van der Waals surface area (Å²) in [7, 11) is 0. The van der Waals surface area contributed by atoms with Crippen LogP contribution in [0.4, 0.5) is 13.2 Å². The van der Waals surface area contributed by atoms with Crippen molar-refractivity contribution in [2.45, 2.75) is 26.1 Å². The van der Waals surface area contributed by atoms with Crippen molar-refractivity contribution in [3.05, 3.63) is 58.9 Å². The van der Waals surface area contributed by atoms with Gasteiger partial charge in [-0.3, -0.25) is 4.79 Å². The van der Waals surface area contributed by atoms with Gasteiger partial charge in [0.25, 0.3) is 11.6 Å². The van der Waals surface area contributed by atoms with E-state index in [1.54, 1.807) is 19.9 Å². The lowest BCUT2D eigenvalue weighted by Crippen LogP contribution is -2.26. The van der Waals surface area contributed by atoms with Crippen molar-refractivity contribution in [3.63, 3.8) is 0 Å². The van der Waals surface area contributed by atoms with Crippen LogP contribution in [0.25, 0.3) is 11.1 Å². The molecule has 25 heavy (non-hydrogen) atoms. The largest absolute Gasteiger partial charge is 0.416 e. The quantitative estimate of drug-likeness (QED) is 0.775. The molecule has 130 valence electrons. The van der Waals surface area contributed by atoms with Crippen molar-refractivity contribution in [1.29, 1.82) is 0 Å². The normalized spacial score (nSPS) is 13.0. The van der Waals surface area contributed by atoms with Gasteiger partial charge < -0.3 is 9.84 Å². The highest BCUT2D eigenvalue weighted by Crippen LogP contribution is 2.30. The lowest BCUT2D eigenvalue weighted by molar-refractivity contribution is -0.137. The van der Waals surface area contributed by atoms with Crippen LogP contribution in [0.5, 0.6) is 0 Å². The second-order valence-corrected chi connectivity index (χ2v) is 5.66. The molecule has 3 rings (SSSR count). The summed E-state index contributed by atoms with van der Waals surface area (Å²) in [4.78, 5) is 16.4. The van der Waals surface area contributed by atoms with Gasteiger partial charge in [-0.05, 0) is 37.6 Å². The molecule has 2 heterocycles. The smallest absolute Gasteiger partial charge is 0.345 e. The maximum absolute atomic E-state index is 12.6. The Kier molecular flexibility index (Phi) is 4.20. The summed E-state index contributed by atoms with van der Waals surface area (Å²) in [6.45, 7) is 3.43. The van der Waals surface area contributed by atoms with Gasteiger partial charge in [0, 0.05) is 6.20 Å². The van der Waals surface area contributed by atoms with Crippen molar-refractivity contribution in [3.8, 4) is 0 Å². The van der Waals surface area contributed by atoms with Crippen LogP contribution in [0.1, 0.15) is 40.1 Å². The number of aryl methyl sites for hydroxylation is 1. The Hall–Kier alpha value is -2.90. The van der Waals surface area contributed by atoms with E-state index in [0.717, 1.165) is 12.1 Å². The molecule has 5 nitrogen and oxygen atoms in total. The van der Waals surface area contributed by atoms with Gasteiger partial charge in [-0.1, -0.05) is 17.3 Å². The summed E-state index contributed by atoms with van der Waals surface area (Å²) in [5.41, 5.74) is 1.11. The van der Waals surface area contributed by atoms with Gasteiger partial charge in [-0.25, -0.2) is 4.98 Å². The molecule has 0 aliphatic heterocycles. The van der Waals surface area contributed by atoms with E-state index in [1.807, 2.05) is 0 Å². The van der Waals surface area contributed by atoms with Crippen molar-refractivity contribution in [2.24, 2.45) is 0 Å². The molecule has 0 saturated heterocycles. The number of aromatic nitrogens is 2. The maximum Gasteiger partial charge on any atom is 0.416 e. The summed E-state index contributed by atoms with van der Waals surface area (Å²) in [6, 6.07) is 5.83. The molecule has 0 bridgehead atoms. The zero-order valence-corrected chi connectivity index (χ0v) is 13.4. The van der Waals surface area contributed by atoms with Crippen LogP contribution >= 0.6 is 0 Å². The van der Waals surface area contributed by atoms with E-state index in [2.05, 4.69) is 15.5 Å². The monoisotopic (exact) mass is 349 g/mol. The number of alkyl halides is 3. The molecule has 2 aromatic heterocycles. The number of hydrogen-bond donors (Lipinski definition) is 1. The van der Waals surface area contributed by atoms with Crippen LogP contribution in [-0.4, -0.2) is 16.0 Å². The number of carbonyl (C=O) groups is 1. The Morgan fingerprint density at radius 2 is 1.92 bits per heavy atom. The second-order valence-electron chi connectivity index (χ2n) is 5.66. The van der Waals surface area contributed by atoms with Gasteiger partial charge >= 0.3 is 6.18 Å². The van der Waals surface area contributed by atoms with Crippen LogP contribution in [0.2, 0.25) is 0 Å². The Balaban J connectivity index is 1.76. The topological polar surface area (TPSA) is 68.0 Å². The Morgan fingerprint density at radius 3 is 2.56 bits per heavy atom. The van der Waals surface area contributed by atoms with Crippen LogP contribution in [0, 0.1) is 6.92 Å². The number of pyridine rings is 1. The molecule has 1 aromatic carbocycles. The molecule has 3 aromatic rings. The average molecular weight is 349 g/mol. The lowest BCUT2D eigenvalue weighted by Gasteiger charge is -2.15. The first-order chi connectivity index (χ1) is 11.8. The molecule has 0 saturated carbocycles. The van der Waals surface area contributed by atoms with E-state index in [0.29, 0.717) is 27.9 Å². The minimum Gasteiger partial charge on any atom is -0.345 e. The summed E-state index contributed by atoms with van der Waals surface area (Å²) >= 11 is 0. The number of carbonyl (C=O) groups excluding carboxylic acids is 1. The molecule has 0 aliphatic carbocycles. The SMILES string of the molecule is Cc1noc2ncc(C(=O)NC(C)c3ccc(C(F)(F)F)cc3)cc12. The third kappa shape index (κ3) is 3.47. The van der Waals surface area contributed by atoms with Crippen molar-refractivity contribution < 1.29 is 22.5 Å². The van der Waals surface area contributed by atoms with Crippen molar-refractivity contribution in [1.82, 2.24) is 15.5 Å². The number of hydrogen-bond acceptors (Lipinski definition) is 4. The van der Waals surface area contributed by atoms with Gasteiger partial charge in [-0.15, -0.1) is 0 Å². The number of benzene rings is 1. The summed E-state index contributed by atoms with van der Waals surface area (Å²) < 4.78 is 42.8. The van der Waals surface area contributed by atoms with Crippen LogP contribution in [-0.2, 0) is 6.18 Å². The van der Waals surface area contributed by atoms with E-state index < -0.39 is 17.8 Å². The predicted molar refractivity (Wildman–Crippen MR) is 83.9 cm³/mol. The van der Waals surface area contributed by atoms with E-state index in [4.69, 9.17) is 4.52 Å². The fraction of sp³-hybridized carbons (Fsp3) is 0.235. The molecule has 8 heteroatoms. The van der Waals surface area contributed by atoms with Crippen molar-refractivity contribution >= 4 is 17.0 Å². The van der Waals surface area contributed by atoms with E-state index in [-0.39, 0.29) is 5.91 Å². The number of nitrogens with zero attached hydrogens (tertiary/aromatic N) is 2. The number of halogens is 3. The Morgan fingerprint density at radius 1 is 1.24 bits per heavy atom. The van der Waals surface area contributed by atoms with Crippen LogP contribution in [0.15, 0.2) is 41.1 Å². The first kappa shape index (κ1) is 16.9. The highest BCUT2D eigenvalue weighted by atomic mass is 19.4. The van der Waals surface area contributed by atoms with Gasteiger partial charge in [-0.2, -0.15) is 13.2 Å². The maximum atomic E-state index is 12.6. The van der Waals surface area contributed by atoms with Gasteiger partial charge in [0.2, 0.25) is 0 Å². The third-order valence-corrected chi connectivity index (χ3v) is 3.86. The highest BCUT2D eigenvalue weighted by Gasteiger charge is 2.30. The number of rotatable bonds is 3. The van der Waals surface area contributed by atoms with Crippen molar-refractivity contribution in [2.75, 3.05) is 0 Å². The Labute approximate surface area is 140 Å². The third-order valence-electron chi connectivity index (χ3n) is 3.86. The van der Waals surface area contributed by atoms with Gasteiger partial charge in [0.15, 0.2) is 0 Å². The molecule has 1 atom stereocenters. The fourth-order valence-electron chi connectivity index (χ4n) is 2.39. The lowest BCUT2D eigenvalue weighted by atomic mass is 10.1. The zero-order chi connectivity index (χ0) is 18.2. The number of amides is 1. The van der Waals surface area contributed by atoms with E-state index >= 15 is 0 Å². The minimum atomic E-state index is -4.39. The number of fused-ring (bicyclic) bond motifs is 1. The molecular weight excluding hydrogens is 335 g/mol. The molecule has 1 unspecified atom stereocenters. The summed E-state index contributed by atoms with van der Waals surface area (Å²) in [5, 5.41) is 7.14. The van der Waals surface area contributed by atoms with Gasteiger partial charge in [0.1, 0.15) is 0 Å². The molecule has 0 aliphatic rings. The molecule has 1 N–H and O–H groups in total. The average Bonchev–Trinajstić information content (AvgIpc) is 2.95. The van der Waals surface area contributed by atoms with E-state index in [9.17, 15) is 18.0 Å². The Bertz CT molecular complexity index is 917. The summed E-state index contributed by atoms with van der Waals surface area (Å²) in [6.07, 6.45) is -3.02. The second kappa shape index (κ2) is 6.19. The standard InChI is InChI=1S/C17H14F3N3O2/c1-9(11-3-5-13(6-4-11)17(18,19)20)22-15(24)12-7-14-10(2)23-25-16(14)21-8-12/h3-9H,1-2H3,(H,22,24). The zero-order valence-electron chi connectivity index (χ0n) is 13.4. The first-order valence-corrected chi connectivity index (χ1v) is 7.46. The highest BCUT2D eigenvalue weighted by molar-refractivity contribution is 5.97. The minimum absolute atomic E-state index is 0.317. The molecule has 1 amide bonds. The molecule has 0 fully saturated rings. The first-order valence-electron chi connectivity index (χ1n) is 7.46. The van der Waals surface area contributed by atoms with Crippen LogP contribution < -0.4 is 5.32 Å². The van der Waals surface area contributed by atoms with Gasteiger partial charge in [0.05, 0.1) is 28.2 Å². The fourth-order valence-corrected chi connectivity index (χ4v) is 2.39. The summed E-state index contributed by atoms with van der Waals surface area (Å²) in [5.74, 6) is -0.387. The molecular formula is C17H14F3N3O2. The molecule has 0 radical (unpaired) electrons. The predicted octanol–water partition coefficient (Wildman–Crippen LogP) is 4.04.